The van der Waals surface area contributed by atoms with Crippen molar-refractivity contribution in [3.8, 4) is 0 Å². The van der Waals surface area contributed by atoms with Crippen molar-refractivity contribution in [1.29, 1.82) is 0 Å². The molecule has 4 nitrogen and oxygen atoms in total. The topological polar surface area (TPSA) is 44.8 Å². The van der Waals surface area contributed by atoms with Gasteiger partial charge in [0, 0.05) is 0 Å². The zero-order chi connectivity index (χ0) is 9.40. The predicted octanol–water partition coefficient (Wildman–Crippen LogP) is 1.07. The van der Waals surface area contributed by atoms with E-state index in [1.165, 1.54) is 14.2 Å². The van der Waals surface area contributed by atoms with E-state index in [1.54, 1.807) is 0 Å². The highest BCUT2D eigenvalue weighted by molar-refractivity contribution is 5.82. The highest BCUT2D eigenvalue weighted by Gasteiger charge is 2.01. The molecule has 0 rings (SSSR count). The first-order valence-electron chi connectivity index (χ1n) is 3.71. The van der Waals surface area contributed by atoms with Gasteiger partial charge in [-0.2, -0.15) is 0 Å². The van der Waals surface area contributed by atoms with Crippen LogP contribution < -0.4 is 0 Å². The van der Waals surface area contributed by atoms with Gasteiger partial charge in [0.2, 0.25) is 0 Å². The lowest BCUT2D eigenvalue weighted by molar-refractivity contribution is -0.138. The quantitative estimate of drug-likeness (QED) is 0.355. The van der Waals surface area contributed by atoms with Crippen LogP contribution in [0.25, 0.3) is 0 Å². The van der Waals surface area contributed by atoms with Crippen molar-refractivity contribution in [3.05, 3.63) is 12.0 Å². The molecule has 0 unspecified atom stereocenters. The minimum atomic E-state index is -0.449. The minimum Gasteiger partial charge on any atom is -0.469 e. The zero-order valence-corrected chi connectivity index (χ0v) is 7.62. The summed E-state index contributed by atoms with van der Waals surface area (Å²) in [5.74, 6) is -0.299. The van der Waals surface area contributed by atoms with Gasteiger partial charge in [0.15, 0.2) is 0 Å². The Morgan fingerprint density at radius 1 is 1.33 bits per heavy atom. The van der Waals surface area contributed by atoms with Crippen LogP contribution in [0.4, 0.5) is 0 Å². The first-order chi connectivity index (χ1) is 5.74. The normalized spacial score (nSPS) is 8.58. The summed E-state index contributed by atoms with van der Waals surface area (Å²) >= 11 is 0. The summed E-state index contributed by atoms with van der Waals surface area (Å²) in [7, 11) is 2.84. The van der Waals surface area contributed by atoms with E-state index < -0.39 is 5.97 Å². The number of esters is 1. The van der Waals surface area contributed by atoms with Crippen LogP contribution in [0.2, 0.25) is 0 Å². The van der Waals surface area contributed by atoms with Gasteiger partial charge >= 0.3 is 5.97 Å². The average molecular weight is 174 g/mol. The lowest BCUT2D eigenvalue weighted by Crippen LogP contribution is -2.04. The molecule has 0 spiro atoms. The van der Waals surface area contributed by atoms with E-state index in [1.807, 2.05) is 6.92 Å². The molecule has 0 N–H and O–H groups in total. The van der Waals surface area contributed by atoms with Crippen molar-refractivity contribution in [2.75, 3.05) is 20.8 Å². The zero-order valence-electron chi connectivity index (χ0n) is 7.62. The molecule has 0 bridgehead atoms. The largest absolute Gasteiger partial charge is 0.469 e. The van der Waals surface area contributed by atoms with E-state index in [-0.39, 0.29) is 5.95 Å². The summed E-state index contributed by atoms with van der Waals surface area (Å²) in [6, 6.07) is 0. The Kier molecular flexibility index (Phi) is 5.87. The highest BCUT2D eigenvalue weighted by Crippen LogP contribution is 1.96. The van der Waals surface area contributed by atoms with Gasteiger partial charge in [-0.05, 0) is 6.42 Å². The molecule has 4 heteroatoms. The second-order valence-corrected chi connectivity index (χ2v) is 2.04. The number of ether oxygens (including phenoxy) is 3. The lowest BCUT2D eigenvalue weighted by Gasteiger charge is -2.03. The number of methoxy groups -OCH3 is 2. The van der Waals surface area contributed by atoms with E-state index in [4.69, 9.17) is 4.74 Å². The van der Waals surface area contributed by atoms with Gasteiger partial charge in [0.25, 0.3) is 5.95 Å². The Labute approximate surface area is 72.1 Å². The van der Waals surface area contributed by atoms with Crippen molar-refractivity contribution in [2.24, 2.45) is 0 Å². The maximum Gasteiger partial charge on any atom is 0.337 e. The number of carbonyl (C=O) groups is 1. The fourth-order valence-electron chi connectivity index (χ4n) is 0.542. The van der Waals surface area contributed by atoms with E-state index in [0.29, 0.717) is 6.61 Å². The summed E-state index contributed by atoms with van der Waals surface area (Å²) in [6.45, 7) is 2.33. The van der Waals surface area contributed by atoms with Gasteiger partial charge in [0.1, 0.15) is 6.08 Å². The van der Waals surface area contributed by atoms with Crippen LogP contribution >= 0.6 is 0 Å². The van der Waals surface area contributed by atoms with Gasteiger partial charge in [0.05, 0.1) is 20.8 Å². The molecular formula is C8H14O4. The van der Waals surface area contributed by atoms with Crippen molar-refractivity contribution in [3.63, 3.8) is 0 Å². The Morgan fingerprint density at radius 2 is 1.92 bits per heavy atom. The highest BCUT2D eigenvalue weighted by atomic mass is 16.7. The molecule has 0 aliphatic heterocycles. The van der Waals surface area contributed by atoms with Crippen LogP contribution in [-0.2, 0) is 19.0 Å². The smallest absolute Gasteiger partial charge is 0.337 e. The second kappa shape index (κ2) is 6.52. The third-order valence-corrected chi connectivity index (χ3v) is 1.09. The lowest BCUT2D eigenvalue weighted by atomic mass is 10.5. The van der Waals surface area contributed by atoms with Crippen LogP contribution in [0.5, 0.6) is 0 Å². The second-order valence-electron chi connectivity index (χ2n) is 2.04. The summed E-state index contributed by atoms with van der Waals surface area (Å²) in [5, 5.41) is 0. The van der Waals surface area contributed by atoms with E-state index in [2.05, 4.69) is 9.47 Å². The Balaban J connectivity index is 3.85. The van der Waals surface area contributed by atoms with E-state index in [9.17, 15) is 4.79 Å². The number of hydrogen-bond donors (Lipinski definition) is 0. The standard InChI is InChI=1S/C8H14O4/c1-4-5-12-7(9)6-8(10-2)11-3/h6H,4-5H2,1-3H3. The first kappa shape index (κ1) is 10.8. The predicted molar refractivity (Wildman–Crippen MR) is 43.4 cm³/mol. The summed E-state index contributed by atoms with van der Waals surface area (Å²) in [6.07, 6.45) is 1.96. The third-order valence-electron chi connectivity index (χ3n) is 1.09. The molecular weight excluding hydrogens is 160 g/mol. The summed E-state index contributed by atoms with van der Waals surface area (Å²) in [5.41, 5.74) is 0. The monoisotopic (exact) mass is 174 g/mol. The van der Waals surface area contributed by atoms with Gasteiger partial charge < -0.3 is 14.2 Å². The number of carbonyl (C=O) groups excluding carboxylic acids is 1. The molecule has 0 atom stereocenters. The molecule has 70 valence electrons. The minimum absolute atomic E-state index is 0.149. The molecule has 0 aliphatic rings. The van der Waals surface area contributed by atoms with Crippen LogP contribution in [0.15, 0.2) is 12.0 Å². The average Bonchev–Trinajstić information content (AvgIpc) is 2.10. The Hall–Kier alpha value is -1.19. The third kappa shape index (κ3) is 4.60. The maximum atomic E-state index is 10.9. The van der Waals surface area contributed by atoms with Crippen molar-refractivity contribution >= 4 is 5.97 Å². The van der Waals surface area contributed by atoms with Gasteiger partial charge in [-0.15, -0.1) is 0 Å². The fraction of sp³-hybridized carbons (Fsp3) is 0.625. The van der Waals surface area contributed by atoms with E-state index in [0.717, 1.165) is 12.5 Å². The maximum absolute atomic E-state index is 10.9. The van der Waals surface area contributed by atoms with E-state index >= 15 is 0 Å². The summed E-state index contributed by atoms with van der Waals surface area (Å²) < 4.78 is 14.1. The van der Waals surface area contributed by atoms with Crippen LogP contribution in [0.3, 0.4) is 0 Å². The van der Waals surface area contributed by atoms with Gasteiger partial charge in [-0.25, -0.2) is 4.79 Å². The van der Waals surface area contributed by atoms with Crippen molar-refractivity contribution in [1.82, 2.24) is 0 Å². The first-order valence-corrected chi connectivity index (χ1v) is 3.71. The molecule has 0 aromatic carbocycles. The van der Waals surface area contributed by atoms with Crippen LogP contribution in [0.1, 0.15) is 13.3 Å². The fourth-order valence-corrected chi connectivity index (χ4v) is 0.542. The summed E-state index contributed by atoms with van der Waals surface area (Å²) in [4.78, 5) is 10.9. The SMILES string of the molecule is CCCOC(=O)C=C(OC)OC. The van der Waals surface area contributed by atoms with Gasteiger partial charge in [-0.3, -0.25) is 0 Å². The van der Waals surface area contributed by atoms with Gasteiger partial charge in [-0.1, -0.05) is 6.92 Å². The molecule has 0 amide bonds. The molecule has 0 saturated heterocycles. The Morgan fingerprint density at radius 3 is 2.33 bits per heavy atom. The molecule has 0 heterocycles. The number of hydrogen-bond acceptors (Lipinski definition) is 4. The molecule has 0 aromatic heterocycles. The molecule has 0 saturated carbocycles. The van der Waals surface area contributed by atoms with Crippen molar-refractivity contribution in [2.45, 2.75) is 13.3 Å². The molecule has 12 heavy (non-hydrogen) atoms. The van der Waals surface area contributed by atoms with Crippen molar-refractivity contribution < 1.29 is 19.0 Å². The van der Waals surface area contributed by atoms with Crippen LogP contribution in [-0.4, -0.2) is 26.8 Å². The number of rotatable bonds is 5. The molecule has 0 aliphatic carbocycles. The van der Waals surface area contributed by atoms with Crippen LogP contribution in [0, 0.1) is 0 Å². The molecule has 0 radical (unpaired) electrons. The Bertz CT molecular complexity index is 156. The molecule has 0 fully saturated rings. The molecule has 0 aromatic rings.